The Hall–Kier alpha value is -0.750. The summed E-state index contributed by atoms with van der Waals surface area (Å²) in [4.78, 5) is 14.4. The van der Waals surface area contributed by atoms with Crippen molar-refractivity contribution in [1.82, 2.24) is 10.2 Å². The third-order valence-corrected chi connectivity index (χ3v) is 6.39. The molecule has 4 nitrogen and oxygen atoms in total. The van der Waals surface area contributed by atoms with Crippen molar-refractivity contribution in [3.8, 4) is 0 Å². The summed E-state index contributed by atoms with van der Waals surface area (Å²) in [7, 11) is 0. The van der Waals surface area contributed by atoms with Crippen LogP contribution in [0.1, 0.15) is 44.9 Å². The van der Waals surface area contributed by atoms with Crippen molar-refractivity contribution >= 4 is 5.91 Å². The molecule has 2 aliphatic carbocycles. The fourth-order valence-corrected chi connectivity index (χ4v) is 4.55. The van der Waals surface area contributed by atoms with Crippen molar-refractivity contribution in [3.63, 3.8) is 0 Å². The second-order valence-corrected chi connectivity index (χ2v) is 7.93. The van der Waals surface area contributed by atoms with Gasteiger partial charge in [-0.25, -0.2) is 8.78 Å². The zero-order valence-electron chi connectivity index (χ0n) is 13.5. The van der Waals surface area contributed by atoms with Crippen LogP contribution >= 0.6 is 0 Å². The number of hydrogen-bond acceptors (Lipinski definition) is 3. The molecule has 23 heavy (non-hydrogen) atoms. The van der Waals surface area contributed by atoms with E-state index in [4.69, 9.17) is 4.74 Å². The number of halogens is 2. The van der Waals surface area contributed by atoms with Gasteiger partial charge in [0.05, 0.1) is 5.60 Å². The first kappa shape index (κ1) is 15.8. The fraction of sp³-hybridized carbons (Fsp3) is 0.941. The third-order valence-electron chi connectivity index (χ3n) is 6.39. The molecule has 0 aromatic rings. The molecule has 4 aliphatic rings. The monoisotopic (exact) mass is 328 g/mol. The highest BCUT2D eigenvalue weighted by Crippen LogP contribution is 2.45. The second kappa shape index (κ2) is 5.66. The number of carbonyl (C=O) groups excluding carboxylic acids is 1. The number of nitrogens with zero attached hydrogens (tertiary/aromatic N) is 1. The Morgan fingerprint density at radius 1 is 1.22 bits per heavy atom. The molecule has 4 rings (SSSR count). The van der Waals surface area contributed by atoms with Crippen LogP contribution in [-0.4, -0.2) is 54.6 Å². The topological polar surface area (TPSA) is 41.6 Å². The van der Waals surface area contributed by atoms with Gasteiger partial charge in [-0.15, -0.1) is 0 Å². The number of rotatable bonds is 5. The highest BCUT2D eigenvalue weighted by atomic mass is 19.3. The van der Waals surface area contributed by atoms with Crippen molar-refractivity contribution in [3.05, 3.63) is 0 Å². The summed E-state index contributed by atoms with van der Waals surface area (Å²) in [6, 6.07) is 0.769. The number of likely N-dealkylation sites (tertiary alicyclic amines) is 1. The van der Waals surface area contributed by atoms with Gasteiger partial charge in [-0.1, -0.05) is 6.42 Å². The van der Waals surface area contributed by atoms with Crippen molar-refractivity contribution in [2.75, 3.05) is 26.2 Å². The van der Waals surface area contributed by atoms with Gasteiger partial charge in [-0.3, -0.25) is 9.69 Å². The smallest absolute Gasteiger partial charge is 0.249 e. The standard InChI is InChI=1S/C17H26F2N2O2/c18-17(19)8-12(9-17)15(22)20-6-4-13-5-7-23-16(13)10-21(11-16)14-2-1-3-14/h12-14H,1-11H2,(H,20,22)/t13-/m0/s1. The molecule has 0 radical (unpaired) electrons. The van der Waals surface area contributed by atoms with E-state index in [1.165, 1.54) is 19.3 Å². The fourth-order valence-electron chi connectivity index (χ4n) is 4.55. The normalized spacial score (nSPS) is 33.0. The lowest BCUT2D eigenvalue weighted by atomic mass is 9.76. The summed E-state index contributed by atoms with van der Waals surface area (Å²) < 4.78 is 31.7. The molecule has 2 heterocycles. The van der Waals surface area contributed by atoms with Gasteiger partial charge in [0.15, 0.2) is 0 Å². The lowest BCUT2D eigenvalue weighted by molar-refractivity contribution is -0.157. The maximum Gasteiger partial charge on any atom is 0.249 e. The molecule has 0 bridgehead atoms. The Bertz CT molecular complexity index is 467. The molecule has 2 saturated carbocycles. The average molecular weight is 328 g/mol. The molecule has 1 atom stereocenters. The minimum atomic E-state index is -2.62. The van der Waals surface area contributed by atoms with E-state index in [0.29, 0.717) is 12.5 Å². The number of ether oxygens (including phenoxy) is 1. The lowest BCUT2D eigenvalue weighted by Gasteiger charge is -2.55. The molecule has 130 valence electrons. The summed E-state index contributed by atoms with van der Waals surface area (Å²) in [5, 5.41) is 2.85. The maximum atomic E-state index is 12.8. The first-order valence-corrected chi connectivity index (χ1v) is 9.01. The molecule has 0 aromatic carbocycles. The van der Waals surface area contributed by atoms with Gasteiger partial charge in [0.1, 0.15) is 0 Å². The predicted molar refractivity (Wildman–Crippen MR) is 81.3 cm³/mol. The van der Waals surface area contributed by atoms with Crippen LogP contribution in [0.4, 0.5) is 8.78 Å². The van der Waals surface area contributed by atoms with Crippen LogP contribution in [0.2, 0.25) is 0 Å². The van der Waals surface area contributed by atoms with Gasteiger partial charge < -0.3 is 10.1 Å². The van der Waals surface area contributed by atoms with Crippen LogP contribution in [-0.2, 0) is 9.53 Å². The van der Waals surface area contributed by atoms with Crippen LogP contribution in [0.3, 0.4) is 0 Å². The summed E-state index contributed by atoms with van der Waals surface area (Å²) in [5.41, 5.74) is 0.00379. The summed E-state index contributed by atoms with van der Waals surface area (Å²) in [6.45, 7) is 3.46. The first-order valence-electron chi connectivity index (χ1n) is 9.01. The molecule has 6 heteroatoms. The van der Waals surface area contributed by atoms with E-state index in [1.807, 2.05) is 0 Å². The van der Waals surface area contributed by atoms with Gasteiger partial charge in [0, 0.05) is 51.0 Å². The van der Waals surface area contributed by atoms with Gasteiger partial charge in [0.2, 0.25) is 11.8 Å². The van der Waals surface area contributed by atoms with Crippen LogP contribution in [0, 0.1) is 11.8 Å². The predicted octanol–water partition coefficient (Wildman–Crippen LogP) is 2.18. The van der Waals surface area contributed by atoms with Crippen molar-refractivity contribution in [2.45, 2.75) is 62.5 Å². The maximum absolute atomic E-state index is 12.8. The molecule has 2 saturated heterocycles. The summed E-state index contributed by atoms with van der Waals surface area (Å²) in [5.74, 6) is -2.82. The van der Waals surface area contributed by atoms with Crippen molar-refractivity contribution in [1.29, 1.82) is 0 Å². The molecule has 1 spiro atoms. The van der Waals surface area contributed by atoms with Gasteiger partial charge >= 0.3 is 0 Å². The third kappa shape index (κ3) is 2.88. The van der Waals surface area contributed by atoms with Crippen LogP contribution in [0.15, 0.2) is 0 Å². The number of amides is 1. The number of alkyl halides is 2. The van der Waals surface area contributed by atoms with Gasteiger partial charge in [0.25, 0.3) is 0 Å². The van der Waals surface area contributed by atoms with E-state index in [2.05, 4.69) is 10.2 Å². The molecule has 4 fully saturated rings. The summed E-state index contributed by atoms with van der Waals surface area (Å²) in [6.07, 6.45) is 5.37. The van der Waals surface area contributed by atoms with Gasteiger partial charge in [-0.05, 0) is 31.6 Å². The Balaban J connectivity index is 1.19. The van der Waals surface area contributed by atoms with Crippen molar-refractivity contribution < 1.29 is 18.3 Å². The number of hydrogen-bond donors (Lipinski definition) is 1. The zero-order valence-corrected chi connectivity index (χ0v) is 13.5. The quantitative estimate of drug-likeness (QED) is 0.841. The number of nitrogens with one attached hydrogen (secondary N) is 1. The minimum absolute atomic E-state index is 0.00379. The minimum Gasteiger partial charge on any atom is -0.372 e. The zero-order chi connectivity index (χ0) is 16.1. The lowest BCUT2D eigenvalue weighted by Crippen LogP contribution is -2.68. The van der Waals surface area contributed by atoms with E-state index in [-0.39, 0.29) is 24.3 Å². The molecule has 0 unspecified atom stereocenters. The molecule has 0 aromatic heterocycles. The highest BCUT2D eigenvalue weighted by molar-refractivity contribution is 5.79. The van der Waals surface area contributed by atoms with Crippen molar-refractivity contribution in [2.24, 2.45) is 11.8 Å². The SMILES string of the molecule is O=C(NCC[C@H]1CCOC12CN(C1CCC1)C2)C1CC(F)(F)C1. The van der Waals surface area contributed by atoms with Crippen LogP contribution in [0.25, 0.3) is 0 Å². The van der Waals surface area contributed by atoms with Crippen LogP contribution in [0.5, 0.6) is 0 Å². The first-order chi connectivity index (χ1) is 11.0. The van der Waals surface area contributed by atoms with E-state index in [0.717, 1.165) is 38.6 Å². The van der Waals surface area contributed by atoms with E-state index >= 15 is 0 Å². The molecular weight excluding hydrogens is 302 g/mol. The number of carbonyl (C=O) groups is 1. The van der Waals surface area contributed by atoms with Crippen LogP contribution < -0.4 is 5.32 Å². The molecule has 1 N–H and O–H groups in total. The molecule has 1 amide bonds. The van der Waals surface area contributed by atoms with E-state index in [9.17, 15) is 13.6 Å². The van der Waals surface area contributed by atoms with E-state index in [1.54, 1.807) is 0 Å². The Morgan fingerprint density at radius 3 is 2.57 bits per heavy atom. The Kier molecular flexibility index (Phi) is 3.88. The molecular formula is C17H26F2N2O2. The second-order valence-electron chi connectivity index (χ2n) is 7.93. The highest BCUT2D eigenvalue weighted by Gasteiger charge is 2.54. The van der Waals surface area contributed by atoms with E-state index < -0.39 is 11.8 Å². The Labute approximate surface area is 135 Å². The average Bonchev–Trinajstić information content (AvgIpc) is 2.77. The largest absolute Gasteiger partial charge is 0.372 e. The summed E-state index contributed by atoms with van der Waals surface area (Å²) >= 11 is 0. The van der Waals surface area contributed by atoms with Gasteiger partial charge in [-0.2, -0.15) is 0 Å². The molecule has 2 aliphatic heterocycles. The Morgan fingerprint density at radius 2 is 1.96 bits per heavy atom.